The Kier molecular flexibility index (Phi) is 6.25. The van der Waals surface area contributed by atoms with E-state index in [9.17, 15) is 4.79 Å². The Morgan fingerprint density at radius 1 is 1.32 bits per heavy atom. The fourth-order valence-electron chi connectivity index (χ4n) is 2.92. The molecule has 2 rings (SSSR count). The van der Waals surface area contributed by atoms with E-state index in [1.54, 1.807) is 0 Å². The third kappa shape index (κ3) is 5.34. The standard InChI is InChI=1S/C18H28N2O2/c1-14-4-5-17(15(2)12-14)22-13-18(21)19-9-6-16-7-10-20(3)11-8-16/h4-5,12,16H,6-11,13H2,1-3H3,(H,19,21). The normalized spacial score (nSPS) is 16.5. The number of hydrogen-bond acceptors (Lipinski definition) is 3. The fraction of sp³-hybridized carbons (Fsp3) is 0.611. The van der Waals surface area contributed by atoms with Gasteiger partial charge in [0.1, 0.15) is 5.75 Å². The van der Waals surface area contributed by atoms with Crippen molar-refractivity contribution in [3.8, 4) is 5.75 Å². The first kappa shape index (κ1) is 16.8. The van der Waals surface area contributed by atoms with Gasteiger partial charge in [-0.05, 0) is 70.8 Å². The molecule has 122 valence electrons. The van der Waals surface area contributed by atoms with Crippen molar-refractivity contribution in [3.63, 3.8) is 0 Å². The van der Waals surface area contributed by atoms with Crippen LogP contribution in [0.3, 0.4) is 0 Å². The Hall–Kier alpha value is -1.55. The van der Waals surface area contributed by atoms with Crippen LogP contribution in [0.5, 0.6) is 5.75 Å². The molecule has 0 aliphatic carbocycles. The van der Waals surface area contributed by atoms with Crippen molar-refractivity contribution >= 4 is 5.91 Å². The van der Waals surface area contributed by atoms with E-state index in [2.05, 4.69) is 23.3 Å². The highest BCUT2D eigenvalue weighted by Crippen LogP contribution is 2.19. The molecule has 4 nitrogen and oxygen atoms in total. The summed E-state index contributed by atoms with van der Waals surface area (Å²) >= 11 is 0. The first-order valence-electron chi connectivity index (χ1n) is 8.20. The number of nitrogens with zero attached hydrogens (tertiary/aromatic N) is 1. The maximum Gasteiger partial charge on any atom is 0.257 e. The van der Waals surface area contributed by atoms with E-state index in [1.165, 1.54) is 31.5 Å². The zero-order valence-corrected chi connectivity index (χ0v) is 14.0. The second-order valence-corrected chi connectivity index (χ2v) is 6.44. The number of benzene rings is 1. The summed E-state index contributed by atoms with van der Waals surface area (Å²) in [4.78, 5) is 14.2. The van der Waals surface area contributed by atoms with Crippen LogP contribution in [0.15, 0.2) is 18.2 Å². The van der Waals surface area contributed by atoms with E-state index in [0.29, 0.717) is 0 Å². The molecule has 0 atom stereocenters. The molecule has 0 saturated carbocycles. The molecule has 0 unspecified atom stereocenters. The Balaban J connectivity index is 1.63. The van der Waals surface area contributed by atoms with Crippen LogP contribution in [0.1, 0.15) is 30.4 Å². The highest BCUT2D eigenvalue weighted by atomic mass is 16.5. The lowest BCUT2D eigenvalue weighted by Crippen LogP contribution is -2.34. The van der Waals surface area contributed by atoms with Gasteiger partial charge in [-0.2, -0.15) is 0 Å². The smallest absolute Gasteiger partial charge is 0.257 e. The number of nitrogens with one attached hydrogen (secondary N) is 1. The van der Waals surface area contributed by atoms with Gasteiger partial charge in [0.2, 0.25) is 0 Å². The van der Waals surface area contributed by atoms with E-state index in [0.717, 1.165) is 30.2 Å². The van der Waals surface area contributed by atoms with Crippen molar-refractivity contribution in [3.05, 3.63) is 29.3 Å². The van der Waals surface area contributed by atoms with E-state index >= 15 is 0 Å². The molecule has 1 saturated heterocycles. The monoisotopic (exact) mass is 304 g/mol. The molecule has 4 heteroatoms. The first-order chi connectivity index (χ1) is 10.5. The molecule has 0 radical (unpaired) electrons. The number of aryl methyl sites for hydroxylation is 2. The van der Waals surface area contributed by atoms with Gasteiger partial charge in [0.25, 0.3) is 5.91 Å². The Morgan fingerprint density at radius 3 is 2.73 bits per heavy atom. The third-order valence-corrected chi connectivity index (χ3v) is 4.40. The van der Waals surface area contributed by atoms with Crippen LogP contribution in [-0.2, 0) is 4.79 Å². The van der Waals surface area contributed by atoms with E-state index in [4.69, 9.17) is 4.74 Å². The second-order valence-electron chi connectivity index (χ2n) is 6.44. The lowest BCUT2D eigenvalue weighted by molar-refractivity contribution is -0.123. The van der Waals surface area contributed by atoms with Crippen LogP contribution in [-0.4, -0.2) is 44.1 Å². The van der Waals surface area contributed by atoms with Gasteiger partial charge in [0.15, 0.2) is 6.61 Å². The van der Waals surface area contributed by atoms with Gasteiger partial charge in [-0.15, -0.1) is 0 Å². The number of likely N-dealkylation sites (tertiary alicyclic amines) is 1. The number of rotatable bonds is 6. The highest BCUT2D eigenvalue weighted by molar-refractivity contribution is 5.77. The lowest BCUT2D eigenvalue weighted by Gasteiger charge is -2.28. The quantitative estimate of drug-likeness (QED) is 0.878. The Morgan fingerprint density at radius 2 is 2.05 bits per heavy atom. The summed E-state index contributed by atoms with van der Waals surface area (Å²) in [5.41, 5.74) is 2.27. The predicted molar refractivity (Wildman–Crippen MR) is 89.3 cm³/mol. The zero-order chi connectivity index (χ0) is 15.9. The average molecular weight is 304 g/mol. The Bertz CT molecular complexity index is 494. The van der Waals surface area contributed by atoms with Gasteiger partial charge in [0.05, 0.1) is 0 Å². The van der Waals surface area contributed by atoms with Crippen molar-refractivity contribution in [1.29, 1.82) is 0 Å². The number of amides is 1. The summed E-state index contributed by atoms with van der Waals surface area (Å²) in [5.74, 6) is 1.50. The maximum absolute atomic E-state index is 11.8. The van der Waals surface area contributed by atoms with Crippen LogP contribution in [0, 0.1) is 19.8 Å². The topological polar surface area (TPSA) is 41.6 Å². The number of hydrogen-bond donors (Lipinski definition) is 1. The van der Waals surface area contributed by atoms with Crippen LogP contribution in [0.2, 0.25) is 0 Å². The fourth-order valence-corrected chi connectivity index (χ4v) is 2.92. The number of carbonyl (C=O) groups is 1. The average Bonchev–Trinajstić information content (AvgIpc) is 2.48. The van der Waals surface area contributed by atoms with Crippen molar-refractivity contribution in [2.75, 3.05) is 33.3 Å². The summed E-state index contributed by atoms with van der Waals surface area (Å²) in [6.07, 6.45) is 3.56. The first-order valence-corrected chi connectivity index (χ1v) is 8.20. The van der Waals surface area contributed by atoms with Crippen LogP contribution < -0.4 is 10.1 Å². The second kappa shape index (κ2) is 8.18. The Labute approximate surface area is 133 Å². The van der Waals surface area contributed by atoms with Crippen molar-refractivity contribution < 1.29 is 9.53 Å². The van der Waals surface area contributed by atoms with Gasteiger partial charge in [-0.25, -0.2) is 0 Å². The molecule has 1 heterocycles. The minimum absolute atomic E-state index is 0.0343. The van der Waals surface area contributed by atoms with Gasteiger partial charge < -0.3 is 15.0 Å². The van der Waals surface area contributed by atoms with Crippen molar-refractivity contribution in [2.24, 2.45) is 5.92 Å². The number of ether oxygens (including phenoxy) is 1. The zero-order valence-electron chi connectivity index (χ0n) is 14.0. The lowest BCUT2D eigenvalue weighted by atomic mass is 9.94. The highest BCUT2D eigenvalue weighted by Gasteiger charge is 2.16. The summed E-state index contributed by atoms with van der Waals surface area (Å²) in [6.45, 7) is 7.25. The summed E-state index contributed by atoms with van der Waals surface area (Å²) < 4.78 is 5.59. The third-order valence-electron chi connectivity index (χ3n) is 4.40. The number of piperidine rings is 1. The van der Waals surface area contributed by atoms with Crippen LogP contribution >= 0.6 is 0 Å². The van der Waals surface area contributed by atoms with Gasteiger partial charge in [-0.3, -0.25) is 4.79 Å². The number of carbonyl (C=O) groups excluding carboxylic acids is 1. The summed E-state index contributed by atoms with van der Waals surface area (Å²) in [5, 5.41) is 2.96. The molecule has 1 fully saturated rings. The van der Waals surface area contributed by atoms with Crippen molar-refractivity contribution in [2.45, 2.75) is 33.1 Å². The van der Waals surface area contributed by atoms with E-state index in [-0.39, 0.29) is 12.5 Å². The van der Waals surface area contributed by atoms with Crippen LogP contribution in [0.4, 0.5) is 0 Å². The molecular weight excluding hydrogens is 276 g/mol. The molecule has 1 aliphatic heterocycles. The van der Waals surface area contributed by atoms with E-state index < -0.39 is 0 Å². The van der Waals surface area contributed by atoms with E-state index in [1.807, 2.05) is 26.0 Å². The summed E-state index contributed by atoms with van der Waals surface area (Å²) in [6, 6.07) is 5.99. The largest absolute Gasteiger partial charge is 0.484 e. The molecule has 1 aromatic carbocycles. The minimum Gasteiger partial charge on any atom is -0.484 e. The van der Waals surface area contributed by atoms with Gasteiger partial charge in [0, 0.05) is 6.54 Å². The molecule has 1 amide bonds. The maximum atomic E-state index is 11.8. The van der Waals surface area contributed by atoms with Gasteiger partial charge in [-0.1, -0.05) is 17.7 Å². The molecular formula is C18H28N2O2. The molecule has 1 N–H and O–H groups in total. The molecule has 1 aromatic rings. The molecule has 1 aliphatic rings. The summed E-state index contributed by atoms with van der Waals surface area (Å²) in [7, 11) is 2.17. The van der Waals surface area contributed by atoms with Crippen molar-refractivity contribution in [1.82, 2.24) is 10.2 Å². The molecule has 0 spiro atoms. The molecule has 22 heavy (non-hydrogen) atoms. The minimum atomic E-state index is -0.0343. The van der Waals surface area contributed by atoms with Gasteiger partial charge >= 0.3 is 0 Å². The predicted octanol–water partition coefficient (Wildman–Crippen LogP) is 2.53. The van der Waals surface area contributed by atoms with Crippen LogP contribution in [0.25, 0.3) is 0 Å². The SMILES string of the molecule is Cc1ccc(OCC(=O)NCCC2CCN(C)CC2)c(C)c1. The molecule has 0 aromatic heterocycles. The molecule has 0 bridgehead atoms.